The molecule has 1 rings (SSSR count). The molecular formula is C11H17NO. The molecule has 2 N–H and O–H groups in total. The van der Waals surface area contributed by atoms with Gasteiger partial charge in [0.05, 0.1) is 0 Å². The van der Waals surface area contributed by atoms with Crippen LogP contribution in [0.25, 0.3) is 0 Å². The average Bonchev–Trinajstić information content (AvgIpc) is 2.06. The number of phenols is 1. The molecule has 0 saturated carbocycles. The lowest BCUT2D eigenvalue weighted by molar-refractivity contribution is 0.467. The van der Waals surface area contributed by atoms with E-state index >= 15 is 0 Å². The molecule has 2 nitrogen and oxygen atoms in total. The second-order valence-electron chi connectivity index (χ2n) is 3.70. The van der Waals surface area contributed by atoms with Gasteiger partial charge in [-0.15, -0.1) is 0 Å². The molecule has 0 aliphatic heterocycles. The van der Waals surface area contributed by atoms with E-state index in [4.69, 9.17) is 0 Å². The van der Waals surface area contributed by atoms with E-state index in [-0.39, 0.29) is 0 Å². The standard InChI is InChI=1S/C11H17NO/c1-7(2)12-10-6-5-8(3)11(13)9(10)4/h5-7,12-13H,1-4H3. The lowest BCUT2D eigenvalue weighted by atomic mass is 10.1. The molecule has 0 aromatic heterocycles. The van der Waals surface area contributed by atoms with Crippen LogP contribution in [-0.2, 0) is 0 Å². The van der Waals surface area contributed by atoms with Crippen molar-refractivity contribution < 1.29 is 5.11 Å². The van der Waals surface area contributed by atoms with Crippen molar-refractivity contribution in [2.75, 3.05) is 5.32 Å². The minimum absolute atomic E-state index is 0.390. The summed E-state index contributed by atoms with van der Waals surface area (Å²) >= 11 is 0. The van der Waals surface area contributed by atoms with Crippen molar-refractivity contribution in [3.05, 3.63) is 23.3 Å². The first-order valence-electron chi connectivity index (χ1n) is 4.58. The van der Waals surface area contributed by atoms with Gasteiger partial charge < -0.3 is 10.4 Å². The molecule has 0 unspecified atom stereocenters. The van der Waals surface area contributed by atoms with Gasteiger partial charge in [-0.05, 0) is 39.3 Å². The van der Waals surface area contributed by atoms with Crippen molar-refractivity contribution in [2.45, 2.75) is 33.7 Å². The molecule has 0 aliphatic carbocycles. The summed E-state index contributed by atoms with van der Waals surface area (Å²) in [7, 11) is 0. The molecule has 0 aliphatic rings. The van der Waals surface area contributed by atoms with Crippen molar-refractivity contribution in [3.63, 3.8) is 0 Å². The molecule has 2 heteroatoms. The third kappa shape index (κ3) is 2.14. The minimum atomic E-state index is 0.390. The summed E-state index contributed by atoms with van der Waals surface area (Å²) in [4.78, 5) is 0. The van der Waals surface area contributed by atoms with Crippen LogP contribution in [0.3, 0.4) is 0 Å². The van der Waals surface area contributed by atoms with Crippen LogP contribution in [0.5, 0.6) is 5.75 Å². The summed E-state index contributed by atoms with van der Waals surface area (Å²) in [6, 6.07) is 4.32. The van der Waals surface area contributed by atoms with Gasteiger partial charge in [0.2, 0.25) is 0 Å². The molecule has 72 valence electrons. The Labute approximate surface area is 79.6 Å². The average molecular weight is 179 g/mol. The van der Waals surface area contributed by atoms with Gasteiger partial charge in [-0.1, -0.05) is 6.07 Å². The van der Waals surface area contributed by atoms with Gasteiger partial charge in [-0.25, -0.2) is 0 Å². The summed E-state index contributed by atoms with van der Waals surface area (Å²) in [6.07, 6.45) is 0. The highest BCUT2D eigenvalue weighted by atomic mass is 16.3. The zero-order valence-corrected chi connectivity index (χ0v) is 8.68. The maximum Gasteiger partial charge on any atom is 0.123 e. The highest BCUT2D eigenvalue weighted by molar-refractivity contribution is 5.59. The van der Waals surface area contributed by atoms with Crippen LogP contribution in [-0.4, -0.2) is 11.1 Å². The summed E-state index contributed by atoms with van der Waals surface area (Å²) < 4.78 is 0. The van der Waals surface area contributed by atoms with E-state index in [9.17, 15) is 5.11 Å². The van der Waals surface area contributed by atoms with Crippen LogP contribution in [0.15, 0.2) is 12.1 Å². The molecule has 0 amide bonds. The SMILES string of the molecule is Cc1ccc(NC(C)C)c(C)c1O. The predicted octanol–water partition coefficient (Wildman–Crippen LogP) is 2.83. The first-order valence-corrected chi connectivity index (χ1v) is 4.58. The highest BCUT2D eigenvalue weighted by Crippen LogP contribution is 2.28. The van der Waals surface area contributed by atoms with Crippen molar-refractivity contribution in [1.82, 2.24) is 0 Å². The molecule has 0 radical (unpaired) electrons. The van der Waals surface area contributed by atoms with Crippen LogP contribution in [0, 0.1) is 13.8 Å². The van der Waals surface area contributed by atoms with E-state index in [1.54, 1.807) is 0 Å². The molecule has 0 atom stereocenters. The number of hydrogen-bond donors (Lipinski definition) is 2. The quantitative estimate of drug-likeness (QED) is 0.731. The van der Waals surface area contributed by atoms with E-state index in [1.807, 2.05) is 26.0 Å². The minimum Gasteiger partial charge on any atom is -0.507 e. The van der Waals surface area contributed by atoms with Crippen LogP contribution < -0.4 is 5.32 Å². The van der Waals surface area contributed by atoms with E-state index < -0.39 is 0 Å². The first kappa shape index (κ1) is 9.90. The molecule has 0 heterocycles. The van der Waals surface area contributed by atoms with Crippen LogP contribution in [0.1, 0.15) is 25.0 Å². The van der Waals surface area contributed by atoms with Gasteiger partial charge in [0.1, 0.15) is 5.75 Å². The van der Waals surface area contributed by atoms with Crippen LogP contribution in [0.2, 0.25) is 0 Å². The second kappa shape index (κ2) is 3.69. The fraction of sp³-hybridized carbons (Fsp3) is 0.455. The van der Waals surface area contributed by atoms with Gasteiger partial charge >= 0.3 is 0 Å². The highest BCUT2D eigenvalue weighted by Gasteiger charge is 2.05. The molecule has 13 heavy (non-hydrogen) atoms. The number of aryl methyl sites for hydroxylation is 1. The Morgan fingerprint density at radius 1 is 1.23 bits per heavy atom. The van der Waals surface area contributed by atoms with Crippen LogP contribution in [0.4, 0.5) is 5.69 Å². The molecule has 0 fully saturated rings. The number of benzene rings is 1. The third-order valence-corrected chi connectivity index (χ3v) is 2.08. The van der Waals surface area contributed by atoms with E-state index in [0.29, 0.717) is 11.8 Å². The monoisotopic (exact) mass is 179 g/mol. The lowest BCUT2D eigenvalue weighted by Gasteiger charge is -2.14. The fourth-order valence-corrected chi connectivity index (χ4v) is 1.30. The number of rotatable bonds is 2. The van der Waals surface area contributed by atoms with Crippen molar-refractivity contribution >= 4 is 5.69 Å². The summed E-state index contributed by atoms with van der Waals surface area (Å²) in [5.41, 5.74) is 2.86. The number of anilines is 1. The summed E-state index contributed by atoms with van der Waals surface area (Å²) in [5.74, 6) is 0.394. The van der Waals surface area contributed by atoms with Gasteiger partial charge in [0.15, 0.2) is 0 Å². The summed E-state index contributed by atoms with van der Waals surface area (Å²) in [5, 5.41) is 12.9. The smallest absolute Gasteiger partial charge is 0.123 e. The van der Waals surface area contributed by atoms with Gasteiger partial charge in [-0.2, -0.15) is 0 Å². The molecule has 0 saturated heterocycles. The largest absolute Gasteiger partial charge is 0.507 e. The van der Waals surface area contributed by atoms with Gasteiger partial charge in [0, 0.05) is 17.3 Å². The topological polar surface area (TPSA) is 32.3 Å². The van der Waals surface area contributed by atoms with Gasteiger partial charge in [0.25, 0.3) is 0 Å². The van der Waals surface area contributed by atoms with Gasteiger partial charge in [-0.3, -0.25) is 0 Å². The zero-order chi connectivity index (χ0) is 10.0. The van der Waals surface area contributed by atoms with Crippen molar-refractivity contribution in [1.29, 1.82) is 0 Å². The second-order valence-corrected chi connectivity index (χ2v) is 3.70. The number of nitrogens with one attached hydrogen (secondary N) is 1. The molecule has 0 spiro atoms. The first-order chi connectivity index (χ1) is 6.02. The molecule has 0 bridgehead atoms. The Kier molecular flexibility index (Phi) is 2.81. The molecule has 1 aromatic rings. The maximum absolute atomic E-state index is 9.66. The Morgan fingerprint density at radius 3 is 2.38 bits per heavy atom. The Balaban J connectivity index is 3.04. The fourth-order valence-electron chi connectivity index (χ4n) is 1.30. The maximum atomic E-state index is 9.66. The van der Waals surface area contributed by atoms with Crippen molar-refractivity contribution in [2.24, 2.45) is 0 Å². The lowest BCUT2D eigenvalue weighted by Crippen LogP contribution is -2.10. The molecular weight excluding hydrogens is 162 g/mol. The number of hydrogen-bond acceptors (Lipinski definition) is 2. The summed E-state index contributed by atoms with van der Waals surface area (Å²) in [6.45, 7) is 7.99. The van der Waals surface area contributed by atoms with E-state index in [1.165, 1.54) is 0 Å². The third-order valence-electron chi connectivity index (χ3n) is 2.08. The molecule has 1 aromatic carbocycles. The Morgan fingerprint density at radius 2 is 1.85 bits per heavy atom. The number of phenolic OH excluding ortho intramolecular Hbond substituents is 1. The van der Waals surface area contributed by atoms with Crippen LogP contribution >= 0.6 is 0 Å². The number of aromatic hydroxyl groups is 1. The zero-order valence-electron chi connectivity index (χ0n) is 8.68. The Bertz CT molecular complexity index is 305. The van der Waals surface area contributed by atoms with E-state index in [0.717, 1.165) is 16.8 Å². The normalized spacial score (nSPS) is 10.5. The van der Waals surface area contributed by atoms with E-state index in [2.05, 4.69) is 19.2 Å². The van der Waals surface area contributed by atoms with Crippen molar-refractivity contribution in [3.8, 4) is 5.75 Å². The Hall–Kier alpha value is -1.18. The predicted molar refractivity (Wildman–Crippen MR) is 56.3 cm³/mol.